The first-order valence-electron chi connectivity index (χ1n) is 11.0. The molecule has 1 aliphatic rings. The molecule has 5 heteroatoms. The van der Waals surface area contributed by atoms with Gasteiger partial charge in [0.15, 0.2) is 0 Å². The van der Waals surface area contributed by atoms with E-state index in [-0.39, 0.29) is 6.09 Å². The van der Waals surface area contributed by atoms with E-state index in [2.05, 4.69) is 35.4 Å². The van der Waals surface area contributed by atoms with Crippen molar-refractivity contribution in [2.75, 3.05) is 26.2 Å². The number of benzene rings is 1. The van der Waals surface area contributed by atoms with E-state index in [0.717, 1.165) is 44.5 Å². The third-order valence-corrected chi connectivity index (χ3v) is 6.82. The van der Waals surface area contributed by atoms with Gasteiger partial charge in [0.05, 0.1) is 0 Å². The molecule has 158 valence electrons. The number of amides is 1. The van der Waals surface area contributed by atoms with Gasteiger partial charge in [-0.1, -0.05) is 25.1 Å². The van der Waals surface area contributed by atoms with Gasteiger partial charge in [0.2, 0.25) is 0 Å². The Morgan fingerprint density at radius 2 is 1.97 bits per heavy atom. The fourth-order valence-electron chi connectivity index (χ4n) is 4.27. The minimum atomic E-state index is -0.242. The van der Waals surface area contributed by atoms with E-state index in [1.165, 1.54) is 22.4 Å². The number of carbonyl (C=O) groups excluding carboxylic acids is 1. The van der Waals surface area contributed by atoms with Crippen LogP contribution in [0.2, 0.25) is 0 Å². The summed E-state index contributed by atoms with van der Waals surface area (Å²) < 4.78 is 5.77. The van der Waals surface area contributed by atoms with Crippen LogP contribution in [-0.2, 0) is 19.3 Å². The zero-order chi connectivity index (χ0) is 20.6. The van der Waals surface area contributed by atoms with E-state index >= 15 is 0 Å². The molecule has 0 aliphatic heterocycles. The largest absolute Gasteiger partial charge is 0.415 e. The molecule has 0 fully saturated rings. The highest BCUT2D eigenvalue weighted by molar-refractivity contribution is 7.09. The average Bonchev–Trinajstić information content (AvgIpc) is 3.25. The number of nitrogens with zero attached hydrogens (tertiary/aromatic N) is 2. The van der Waals surface area contributed by atoms with Gasteiger partial charge in [-0.15, -0.1) is 11.3 Å². The molecule has 0 radical (unpaired) electrons. The molecular formula is C24H34N2O2S. The minimum Gasteiger partial charge on any atom is -0.410 e. The van der Waals surface area contributed by atoms with E-state index in [1.54, 1.807) is 4.90 Å². The smallest absolute Gasteiger partial charge is 0.410 e. The Kier molecular flexibility index (Phi) is 8.13. The van der Waals surface area contributed by atoms with Crippen LogP contribution in [0.15, 0.2) is 35.7 Å². The van der Waals surface area contributed by atoms with Crippen LogP contribution in [0.1, 0.15) is 49.6 Å². The summed E-state index contributed by atoms with van der Waals surface area (Å²) in [6.07, 6.45) is 5.20. The van der Waals surface area contributed by atoms with Crippen molar-refractivity contribution in [2.45, 2.75) is 58.9 Å². The van der Waals surface area contributed by atoms with Crippen molar-refractivity contribution in [2.24, 2.45) is 0 Å². The Hall–Kier alpha value is -1.85. The zero-order valence-corrected chi connectivity index (χ0v) is 18.8. The molecule has 1 aromatic carbocycles. The van der Waals surface area contributed by atoms with E-state index in [1.807, 2.05) is 37.3 Å². The quantitative estimate of drug-likeness (QED) is 0.551. The van der Waals surface area contributed by atoms with Gasteiger partial charge in [0.1, 0.15) is 5.75 Å². The first kappa shape index (κ1) is 21.8. The van der Waals surface area contributed by atoms with E-state index in [0.29, 0.717) is 19.1 Å². The first-order valence-corrected chi connectivity index (χ1v) is 11.9. The van der Waals surface area contributed by atoms with Crippen molar-refractivity contribution in [3.05, 3.63) is 51.7 Å². The Bertz CT molecular complexity index is 771. The Morgan fingerprint density at radius 3 is 2.66 bits per heavy atom. The topological polar surface area (TPSA) is 32.8 Å². The SMILES string of the molecule is CCCN(CCc1cccs1)C1CCc2c(cccc2OC(=O)N(CC)CC)C1. The van der Waals surface area contributed by atoms with Gasteiger partial charge in [-0.25, -0.2) is 4.79 Å². The predicted molar refractivity (Wildman–Crippen MR) is 121 cm³/mol. The summed E-state index contributed by atoms with van der Waals surface area (Å²) in [7, 11) is 0. The second-order valence-electron chi connectivity index (χ2n) is 7.70. The lowest BCUT2D eigenvalue weighted by Crippen LogP contribution is -2.41. The van der Waals surface area contributed by atoms with Gasteiger partial charge >= 0.3 is 6.09 Å². The van der Waals surface area contributed by atoms with Gasteiger partial charge in [0.25, 0.3) is 0 Å². The number of ether oxygens (including phenoxy) is 1. The number of hydrogen-bond acceptors (Lipinski definition) is 4. The number of carbonyl (C=O) groups is 1. The number of rotatable bonds is 9. The lowest BCUT2D eigenvalue weighted by atomic mass is 9.86. The highest BCUT2D eigenvalue weighted by atomic mass is 32.1. The van der Waals surface area contributed by atoms with Crippen LogP contribution >= 0.6 is 11.3 Å². The average molecular weight is 415 g/mol. The van der Waals surface area contributed by atoms with Gasteiger partial charge in [-0.05, 0) is 81.1 Å². The van der Waals surface area contributed by atoms with Crippen molar-refractivity contribution < 1.29 is 9.53 Å². The third kappa shape index (κ3) is 5.61. The second-order valence-corrected chi connectivity index (χ2v) is 8.73. The molecule has 2 aromatic rings. The summed E-state index contributed by atoms with van der Waals surface area (Å²) in [6.45, 7) is 9.82. The first-order chi connectivity index (χ1) is 14.2. The molecular weight excluding hydrogens is 380 g/mol. The summed E-state index contributed by atoms with van der Waals surface area (Å²) in [6, 6.07) is 11.1. The molecule has 1 atom stereocenters. The van der Waals surface area contributed by atoms with Gasteiger partial charge in [0, 0.05) is 30.6 Å². The predicted octanol–water partition coefficient (Wildman–Crippen LogP) is 5.40. The summed E-state index contributed by atoms with van der Waals surface area (Å²) in [5, 5.41) is 2.16. The number of thiophene rings is 1. The maximum atomic E-state index is 12.4. The van der Waals surface area contributed by atoms with Crippen molar-refractivity contribution in [3.8, 4) is 5.75 Å². The molecule has 3 rings (SSSR count). The monoisotopic (exact) mass is 414 g/mol. The fourth-order valence-corrected chi connectivity index (χ4v) is 4.97. The molecule has 1 aliphatic carbocycles. The molecule has 1 unspecified atom stereocenters. The lowest BCUT2D eigenvalue weighted by molar-refractivity contribution is 0.155. The van der Waals surface area contributed by atoms with Crippen molar-refractivity contribution >= 4 is 17.4 Å². The summed E-state index contributed by atoms with van der Waals surface area (Å²) in [5.41, 5.74) is 2.56. The summed E-state index contributed by atoms with van der Waals surface area (Å²) in [5.74, 6) is 0.749. The molecule has 0 N–H and O–H groups in total. The normalized spacial score (nSPS) is 15.9. The maximum absolute atomic E-state index is 12.4. The standard InChI is InChI=1S/C24H34N2O2S/c1-4-15-26(16-14-21-10-8-17-29-21)20-12-13-22-19(18-20)9-7-11-23(22)28-24(27)25(5-2)6-3/h7-11,17,20H,4-6,12-16,18H2,1-3H3. The van der Waals surface area contributed by atoms with E-state index in [9.17, 15) is 4.79 Å². The number of fused-ring (bicyclic) bond motifs is 1. The van der Waals surface area contributed by atoms with Crippen LogP contribution in [0.5, 0.6) is 5.75 Å². The van der Waals surface area contributed by atoms with Crippen LogP contribution < -0.4 is 4.74 Å². The number of hydrogen-bond donors (Lipinski definition) is 0. The molecule has 0 saturated carbocycles. The summed E-state index contributed by atoms with van der Waals surface area (Å²) in [4.78, 5) is 18.3. The highest BCUT2D eigenvalue weighted by Crippen LogP contribution is 2.32. The molecule has 29 heavy (non-hydrogen) atoms. The zero-order valence-electron chi connectivity index (χ0n) is 18.0. The van der Waals surface area contributed by atoms with Crippen LogP contribution in [0.25, 0.3) is 0 Å². The summed E-state index contributed by atoms with van der Waals surface area (Å²) >= 11 is 1.85. The van der Waals surface area contributed by atoms with Crippen LogP contribution in [0.3, 0.4) is 0 Å². The fraction of sp³-hybridized carbons (Fsp3) is 0.542. The highest BCUT2D eigenvalue weighted by Gasteiger charge is 2.26. The molecule has 0 bridgehead atoms. The van der Waals surface area contributed by atoms with Crippen LogP contribution in [0, 0.1) is 0 Å². The van der Waals surface area contributed by atoms with Gasteiger partial charge in [-0.2, -0.15) is 0 Å². The molecule has 1 aromatic heterocycles. The molecule has 0 saturated heterocycles. The van der Waals surface area contributed by atoms with Crippen molar-refractivity contribution in [3.63, 3.8) is 0 Å². The Labute approximate surface area is 179 Å². The molecule has 1 amide bonds. The maximum Gasteiger partial charge on any atom is 0.415 e. The second kappa shape index (κ2) is 10.8. The van der Waals surface area contributed by atoms with Gasteiger partial charge < -0.3 is 9.64 Å². The lowest BCUT2D eigenvalue weighted by Gasteiger charge is -2.35. The van der Waals surface area contributed by atoms with E-state index in [4.69, 9.17) is 4.74 Å². The van der Waals surface area contributed by atoms with Crippen LogP contribution in [0.4, 0.5) is 4.79 Å². The molecule has 0 spiro atoms. The van der Waals surface area contributed by atoms with Crippen molar-refractivity contribution in [1.82, 2.24) is 9.80 Å². The van der Waals surface area contributed by atoms with Crippen LogP contribution in [-0.4, -0.2) is 48.1 Å². The third-order valence-electron chi connectivity index (χ3n) is 5.88. The molecule has 1 heterocycles. The minimum absolute atomic E-state index is 0.242. The van der Waals surface area contributed by atoms with Crippen molar-refractivity contribution in [1.29, 1.82) is 0 Å². The Morgan fingerprint density at radius 1 is 1.14 bits per heavy atom. The Balaban J connectivity index is 1.68. The van der Waals surface area contributed by atoms with Gasteiger partial charge in [-0.3, -0.25) is 4.90 Å². The molecule has 4 nitrogen and oxygen atoms in total. The van der Waals surface area contributed by atoms with E-state index < -0.39 is 0 Å².